The molecule has 25 heavy (non-hydrogen) atoms. The van der Waals surface area contributed by atoms with Crippen LogP contribution in [0, 0.1) is 0 Å². The molecule has 6 nitrogen and oxygen atoms in total. The number of carbonyl (C=O) groups is 1. The summed E-state index contributed by atoms with van der Waals surface area (Å²) in [5, 5.41) is 0.431. The number of hydrogen-bond acceptors (Lipinski definition) is 6. The molecule has 0 unspecified atom stereocenters. The van der Waals surface area contributed by atoms with Crippen molar-refractivity contribution in [3.63, 3.8) is 0 Å². The van der Waals surface area contributed by atoms with Crippen LogP contribution >= 0.6 is 11.6 Å². The molecule has 2 aliphatic heterocycles. The first kappa shape index (κ1) is 15.7. The zero-order chi connectivity index (χ0) is 17.2. The maximum absolute atomic E-state index is 12.0. The highest BCUT2D eigenvalue weighted by Gasteiger charge is 2.17. The summed E-state index contributed by atoms with van der Waals surface area (Å²) < 4.78 is 26.7. The van der Waals surface area contributed by atoms with Crippen LogP contribution in [0.3, 0.4) is 0 Å². The molecule has 0 fully saturated rings. The van der Waals surface area contributed by atoms with Gasteiger partial charge in [-0.1, -0.05) is 11.6 Å². The van der Waals surface area contributed by atoms with E-state index in [-0.39, 0.29) is 6.79 Å². The number of benzene rings is 2. The standard InChI is InChI=1S/C18H13ClO6/c19-13-7-11(8-16-18(13)22-6-5-21-16)1-4-17(20)25-12-2-3-14-15(9-12)24-10-23-14/h1-4,7-9H,5-6,10H2/b4-1+. The van der Waals surface area contributed by atoms with Crippen molar-refractivity contribution < 1.29 is 28.5 Å². The number of ether oxygens (including phenoxy) is 5. The van der Waals surface area contributed by atoms with Crippen LogP contribution in [0.2, 0.25) is 5.02 Å². The van der Waals surface area contributed by atoms with Crippen molar-refractivity contribution in [2.45, 2.75) is 0 Å². The Hall–Kier alpha value is -2.86. The lowest BCUT2D eigenvalue weighted by Crippen LogP contribution is -2.15. The summed E-state index contributed by atoms with van der Waals surface area (Å²) in [6.07, 6.45) is 2.91. The van der Waals surface area contributed by atoms with Gasteiger partial charge in [-0.05, 0) is 35.9 Å². The van der Waals surface area contributed by atoms with Crippen LogP contribution in [0.15, 0.2) is 36.4 Å². The SMILES string of the molecule is O=C(/C=C/c1cc(Cl)c2c(c1)OCCO2)Oc1ccc2c(c1)OCO2. The summed E-state index contributed by atoms with van der Waals surface area (Å²) in [5.74, 6) is 2.11. The van der Waals surface area contributed by atoms with Gasteiger partial charge in [0.05, 0.1) is 5.02 Å². The summed E-state index contributed by atoms with van der Waals surface area (Å²) in [7, 11) is 0. The van der Waals surface area contributed by atoms with Crippen molar-refractivity contribution in [3.8, 4) is 28.7 Å². The molecule has 4 rings (SSSR count). The van der Waals surface area contributed by atoms with Crippen molar-refractivity contribution in [1.82, 2.24) is 0 Å². The van der Waals surface area contributed by atoms with Crippen LogP contribution in [0.4, 0.5) is 0 Å². The molecule has 2 aromatic rings. The van der Waals surface area contributed by atoms with Gasteiger partial charge in [-0.25, -0.2) is 4.79 Å². The highest BCUT2D eigenvalue weighted by molar-refractivity contribution is 6.32. The fourth-order valence-corrected chi connectivity index (χ4v) is 2.76. The van der Waals surface area contributed by atoms with E-state index in [0.29, 0.717) is 52.5 Å². The number of fused-ring (bicyclic) bond motifs is 2. The average molecular weight is 361 g/mol. The molecule has 2 aliphatic rings. The summed E-state index contributed by atoms with van der Waals surface area (Å²) >= 11 is 6.17. The minimum atomic E-state index is -0.523. The number of esters is 1. The predicted octanol–water partition coefficient (Wildman–Crippen LogP) is 3.46. The number of hydrogen-bond donors (Lipinski definition) is 0. The second-order valence-electron chi connectivity index (χ2n) is 5.30. The Kier molecular flexibility index (Phi) is 4.11. The fourth-order valence-electron chi connectivity index (χ4n) is 2.48. The second-order valence-corrected chi connectivity index (χ2v) is 5.70. The van der Waals surface area contributed by atoms with Gasteiger partial charge < -0.3 is 23.7 Å². The lowest BCUT2D eigenvalue weighted by molar-refractivity contribution is -0.128. The van der Waals surface area contributed by atoms with E-state index in [1.807, 2.05) is 0 Å². The Morgan fingerprint density at radius 1 is 1.00 bits per heavy atom. The molecular formula is C18H13ClO6. The Labute approximate surface area is 148 Å². The average Bonchev–Trinajstić information content (AvgIpc) is 3.08. The summed E-state index contributed by atoms with van der Waals surface area (Å²) in [5.41, 5.74) is 0.705. The first-order valence-electron chi connectivity index (χ1n) is 7.58. The highest BCUT2D eigenvalue weighted by atomic mass is 35.5. The van der Waals surface area contributed by atoms with Crippen LogP contribution < -0.4 is 23.7 Å². The van der Waals surface area contributed by atoms with Gasteiger partial charge >= 0.3 is 5.97 Å². The van der Waals surface area contributed by atoms with Gasteiger partial charge in [0, 0.05) is 12.1 Å². The van der Waals surface area contributed by atoms with E-state index < -0.39 is 5.97 Å². The van der Waals surface area contributed by atoms with Gasteiger partial charge in [-0.15, -0.1) is 0 Å². The van der Waals surface area contributed by atoms with Crippen molar-refractivity contribution >= 4 is 23.6 Å². The maximum Gasteiger partial charge on any atom is 0.336 e. The van der Waals surface area contributed by atoms with E-state index in [9.17, 15) is 4.79 Å². The molecule has 2 heterocycles. The van der Waals surface area contributed by atoms with Crippen molar-refractivity contribution in [3.05, 3.63) is 47.0 Å². The van der Waals surface area contributed by atoms with Gasteiger partial charge in [0.25, 0.3) is 0 Å². The lowest BCUT2D eigenvalue weighted by Gasteiger charge is -2.19. The molecule has 0 aromatic heterocycles. The molecule has 0 spiro atoms. The molecule has 2 aromatic carbocycles. The number of rotatable bonds is 3. The van der Waals surface area contributed by atoms with Crippen molar-refractivity contribution in [2.24, 2.45) is 0 Å². The van der Waals surface area contributed by atoms with Gasteiger partial charge in [0.2, 0.25) is 6.79 Å². The molecule has 0 radical (unpaired) electrons. The second kappa shape index (κ2) is 6.57. The van der Waals surface area contributed by atoms with E-state index in [1.54, 1.807) is 36.4 Å². The first-order chi connectivity index (χ1) is 12.2. The Morgan fingerprint density at radius 2 is 1.84 bits per heavy atom. The van der Waals surface area contributed by atoms with Gasteiger partial charge in [0.15, 0.2) is 23.0 Å². The molecule has 0 saturated carbocycles. The molecular weight excluding hydrogens is 348 g/mol. The maximum atomic E-state index is 12.0. The minimum absolute atomic E-state index is 0.164. The van der Waals surface area contributed by atoms with Crippen molar-refractivity contribution in [2.75, 3.05) is 20.0 Å². The van der Waals surface area contributed by atoms with Crippen LogP contribution in [0.25, 0.3) is 6.08 Å². The topological polar surface area (TPSA) is 63.2 Å². The minimum Gasteiger partial charge on any atom is -0.486 e. The van der Waals surface area contributed by atoms with Crippen LogP contribution in [0.1, 0.15) is 5.56 Å². The number of carbonyl (C=O) groups excluding carboxylic acids is 1. The predicted molar refractivity (Wildman–Crippen MR) is 89.7 cm³/mol. The third-order valence-electron chi connectivity index (χ3n) is 3.59. The molecule has 0 N–H and O–H groups in total. The van der Waals surface area contributed by atoms with Crippen molar-refractivity contribution in [1.29, 1.82) is 0 Å². The van der Waals surface area contributed by atoms with E-state index in [4.69, 9.17) is 35.3 Å². The van der Waals surface area contributed by atoms with Gasteiger partial charge in [0.1, 0.15) is 19.0 Å². The monoisotopic (exact) mass is 360 g/mol. The van der Waals surface area contributed by atoms with E-state index in [1.165, 1.54) is 6.08 Å². The fraction of sp³-hybridized carbons (Fsp3) is 0.167. The zero-order valence-electron chi connectivity index (χ0n) is 13.0. The van der Waals surface area contributed by atoms with E-state index >= 15 is 0 Å². The Balaban J connectivity index is 1.46. The first-order valence-corrected chi connectivity index (χ1v) is 7.95. The van der Waals surface area contributed by atoms with Crippen LogP contribution in [0.5, 0.6) is 28.7 Å². The molecule has 0 saturated heterocycles. The van der Waals surface area contributed by atoms with Gasteiger partial charge in [-0.2, -0.15) is 0 Å². The molecule has 0 atom stereocenters. The quantitative estimate of drug-likeness (QED) is 0.474. The smallest absolute Gasteiger partial charge is 0.336 e. The molecule has 0 amide bonds. The summed E-state index contributed by atoms with van der Waals surface area (Å²) in [4.78, 5) is 12.0. The summed E-state index contributed by atoms with van der Waals surface area (Å²) in [6.45, 7) is 1.09. The van der Waals surface area contributed by atoms with E-state index in [2.05, 4.69) is 0 Å². The highest BCUT2D eigenvalue weighted by Crippen LogP contribution is 2.38. The zero-order valence-corrected chi connectivity index (χ0v) is 13.7. The molecule has 128 valence electrons. The third kappa shape index (κ3) is 3.34. The normalized spacial score (nSPS) is 14.6. The van der Waals surface area contributed by atoms with Crippen LogP contribution in [-0.2, 0) is 4.79 Å². The molecule has 7 heteroatoms. The summed E-state index contributed by atoms with van der Waals surface area (Å²) in [6, 6.07) is 8.38. The van der Waals surface area contributed by atoms with Crippen LogP contribution in [-0.4, -0.2) is 26.0 Å². The number of halogens is 1. The Morgan fingerprint density at radius 3 is 2.76 bits per heavy atom. The molecule has 0 aliphatic carbocycles. The lowest BCUT2D eigenvalue weighted by atomic mass is 10.2. The van der Waals surface area contributed by atoms with E-state index in [0.717, 1.165) is 0 Å². The Bertz CT molecular complexity index is 861. The largest absolute Gasteiger partial charge is 0.486 e. The molecule has 0 bridgehead atoms. The third-order valence-corrected chi connectivity index (χ3v) is 3.87. The van der Waals surface area contributed by atoms with Gasteiger partial charge in [-0.3, -0.25) is 0 Å².